The van der Waals surface area contributed by atoms with Crippen molar-refractivity contribution in [3.8, 4) is 0 Å². The Morgan fingerprint density at radius 2 is 2.08 bits per heavy atom. The van der Waals surface area contributed by atoms with Crippen molar-refractivity contribution in [3.63, 3.8) is 0 Å². The van der Waals surface area contributed by atoms with Crippen molar-refractivity contribution in [1.29, 1.82) is 0 Å². The molecule has 2 heterocycles. The van der Waals surface area contributed by atoms with Crippen LogP contribution in [0.1, 0.15) is 6.92 Å². The van der Waals surface area contributed by atoms with Gasteiger partial charge in [-0.05, 0) is 12.1 Å². The van der Waals surface area contributed by atoms with Gasteiger partial charge in [0, 0.05) is 39.2 Å². The number of imide groups is 1. The lowest BCUT2D eigenvalue weighted by Crippen LogP contribution is -2.44. The van der Waals surface area contributed by atoms with E-state index in [1.165, 1.54) is 13.0 Å². The first kappa shape index (κ1) is 17.2. The van der Waals surface area contributed by atoms with Gasteiger partial charge in [0.25, 0.3) is 5.91 Å². The largest absolute Gasteiger partial charge is 0.433 e. The Hall–Kier alpha value is -2.68. The molecule has 1 atom stereocenters. The van der Waals surface area contributed by atoms with Crippen LogP contribution in [-0.2, 0) is 14.3 Å². The summed E-state index contributed by atoms with van der Waals surface area (Å²) in [7, 11) is 0. The van der Waals surface area contributed by atoms with Gasteiger partial charge in [-0.1, -0.05) is 0 Å². The Labute approximate surface area is 143 Å². The summed E-state index contributed by atoms with van der Waals surface area (Å²) >= 11 is 0. The van der Waals surface area contributed by atoms with Gasteiger partial charge in [0.15, 0.2) is 6.10 Å². The number of hydrogen-bond acceptors (Lipinski definition) is 6. The first-order chi connectivity index (χ1) is 12.0. The molecule has 2 saturated heterocycles. The predicted octanol–water partition coefficient (Wildman–Crippen LogP) is 0.223. The molecule has 2 fully saturated rings. The van der Waals surface area contributed by atoms with E-state index in [4.69, 9.17) is 4.74 Å². The maximum atomic E-state index is 14.5. The number of cyclic esters (lactones) is 1. The van der Waals surface area contributed by atoms with Crippen molar-refractivity contribution < 1.29 is 23.5 Å². The van der Waals surface area contributed by atoms with Crippen molar-refractivity contribution in [3.05, 3.63) is 24.0 Å². The highest BCUT2D eigenvalue weighted by atomic mass is 19.1. The van der Waals surface area contributed by atoms with Gasteiger partial charge in [-0.2, -0.15) is 0 Å². The van der Waals surface area contributed by atoms with Gasteiger partial charge in [-0.25, -0.2) is 14.1 Å². The van der Waals surface area contributed by atoms with Crippen LogP contribution in [0, 0.1) is 5.82 Å². The summed E-state index contributed by atoms with van der Waals surface area (Å²) in [6.45, 7) is 4.08. The van der Waals surface area contributed by atoms with Crippen molar-refractivity contribution in [2.45, 2.75) is 13.0 Å². The molecule has 2 aliphatic heterocycles. The fourth-order valence-electron chi connectivity index (χ4n) is 2.85. The van der Waals surface area contributed by atoms with E-state index in [1.807, 2.05) is 4.90 Å². The monoisotopic (exact) mass is 350 g/mol. The lowest BCUT2D eigenvalue weighted by atomic mass is 10.2. The molecule has 0 aliphatic carbocycles. The molecule has 0 saturated carbocycles. The van der Waals surface area contributed by atoms with Gasteiger partial charge in [-0.15, -0.1) is 0 Å². The number of carbonyl (C=O) groups is 3. The predicted molar refractivity (Wildman–Crippen MR) is 87.9 cm³/mol. The molecule has 1 aromatic rings. The number of ether oxygens (including phenoxy) is 1. The molecule has 2 N–H and O–H groups in total. The zero-order chi connectivity index (χ0) is 18.0. The second kappa shape index (κ2) is 7.06. The van der Waals surface area contributed by atoms with Crippen LogP contribution in [0.3, 0.4) is 0 Å². The van der Waals surface area contributed by atoms with Gasteiger partial charge >= 0.3 is 6.09 Å². The van der Waals surface area contributed by atoms with Gasteiger partial charge in [-0.3, -0.25) is 9.59 Å². The number of nitrogens with one attached hydrogen (secondary N) is 2. The minimum atomic E-state index is -1.10. The number of benzene rings is 1. The highest BCUT2D eigenvalue weighted by molar-refractivity contribution is 6.18. The molecule has 3 amide bonds. The number of piperazine rings is 1. The Morgan fingerprint density at radius 1 is 1.36 bits per heavy atom. The molecule has 134 valence electrons. The number of nitrogens with zero attached hydrogens (tertiary/aromatic N) is 2. The Kier molecular flexibility index (Phi) is 4.84. The number of anilines is 2. The molecule has 0 aromatic heterocycles. The molecule has 9 heteroatoms. The Balaban J connectivity index is 1.77. The summed E-state index contributed by atoms with van der Waals surface area (Å²) in [6, 6.07) is 4.22. The third-order valence-electron chi connectivity index (χ3n) is 4.11. The highest BCUT2D eigenvalue weighted by Gasteiger charge is 2.41. The fraction of sp³-hybridized carbons (Fsp3) is 0.438. The molecule has 8 nitrogen and oxygen atoms in total. The molecule has 1 aromatic carbocycles. The summed E-state index contributed by atoms with van der Waals surface area (Å²) in [6.07, 6.45) is -1.98. The molecule has 0 radical (unpaired) electrons. The van der Waals surface area contributed by atoms with Crippen LogP contribution < -0.4 is 20.4 Å². The van der Waals surface area contributed by atoms with Crippen molar-refractivity contribution in [1.82, 2.24) is 10.6 Å². The average molecular weight is 350 g/mol. The normalized spacial score (nSPS) is 20.6. The van der Waals surface area contributed by atoms with Crippen LogP contribution in [-0.4, -0.2) is 56.7 Å². The summed E-state index contributed by atoms with van der Waals surface area (Å²) in [4.78, 5) is 37.9. The first-order valence-corrected chi connectivity index (χ1v) is 8.01. The van der Waals surface area contributed by atoms with Crippen LogP contribution in [0.2, 0.25) is 0 Å². The Morgan fingerprint density at radius 3 is 2.72 bits per heavy atom. The number of rotatable bonds is 4. The van der Waals surface area contributed by atoms with E-state index >= 15 is 0 Å². The molecule has 0 bridgehead atoms. The minimum absolute atomic E-state index is 0.108. The molecular formula is C16H19FN4O4. The molecular weight excluding hydrogens is 331 g/mol. The maximum absolute atomic E-state index is 14.5. The lowest BCUT2D eigenvalue weighted by Gasteiger charge is -2.30. The molecule has 3 rings (SSSR count). The highest BCUT2D eigenvalue weighted by Crippen LogP contribution is 2.28. The van der Waals surface area contributed by atoms with Gasteiger partial charge < -0.3 is 20.3 Å². The maximum Gasteiger partial charge on any atom is 0.422 e. The topological polar surface area (TPSA) is 91.0 Å². The van der Waals surface area contributed by atoms with E-state index in [-0.39, 0.29) is 18.1 Å². The quantitative estimate of drug-likeness (QED) is 0.808. The average Bonchev–Trinajstić information content (AvgIpc) is 2.87. The fourth-order valence-corrected chi connectivity index (χ4v) is 2.85. The van der Waals surface area contributed by atoms with Crippen molar-refractivity contribution in [2.24, 2.45) is 0 Å². The smallest absolute Gasteiger partial charge is 0.422 e. The zero-order valence-corrected chi connectivity index (χ0v) is 13.8. The molecule has 1 unspecified atom stereocenters. The van der Waals surface area contributed by atoms with Crippen LogP contribution in [0.5, 0.6) is 0 Å². The molecule has 25 heavy (non-hydrogen) atoms. The van der Waals surface area contributed by atoms with Crippen molar-refractivity contribution in [2.75, 3.05) is 42.5 Å². The summed E-state index contributed by atoms with van der Waals surface area (Å²) in [5, 5.41) is 5.61. The summed E-state index contributed by atoms with van der Waals surface area (Å²) in [5.41, 5.74) is 0.539. The second-order valence-corrected chi connectivity index (χ2v) is 5.86. The zero-order valence-electron chi connectivity index (χ0n) is 13.8. The standard InChI is InChI=1S/C16H19FN4O4/c1-10(22)19-9-14-15(23)21(16(24)25-14)11-2-3-13(12(17)8-11)20-6-4-18-5-7-20/h2-3,8,14,18H,4-7,9H2,1H3,(H,19,22). The van der Waals surface area contributed by atoms with Crippen LogP contribution in [0.4, 0.5) is 20.6 Å². The molecule has 0 spiro atoms. The van der Waals surface area contributed by atoms with E-state index < -0.39 is 23.9 Å². The van der Waals surface area contributed by atoms with Gasteiger partial charge in [0.2, 0.25) is 5.91 Å². The number of amides is 3. The molecule has 2 aliphatic rings. The van der Waals surface area contributed by atoms with Gasteiger partial charge in [0.05, 0.1) is 17.9 Å². The summed E-state index contributed by atoms with van der Waals surface area (Å²) < 4.78 is 19.4. The number of halogens is 1. The van der Waals surface area contributed by atoms with E-state index in [0.717, 1.165) is 24.1 Å². The minimum Gasteiger partial charge on any atom is -0.433 e. The van der Waals surface area contributed by atoms with Crippen LogP contribution in [0.25, 0.3) is 0 Å². The van der Waals surface area contributed by atoms with E-state index in [2.05, 4.69) is 10.6 Å². The first-order valence-electron chi connectivity index (χ1n) is 8.01. The Bertz CT molecular complexity index is 705. The summed E-state index contributed by atoms with van der Waals surface area (Å²) in [5.74, 6) is -1.48. The van der Waals surface area contributed by atoms with Crippen molar-refractivity contribution >= 4 is 29.3 Å². The van der Waals surface area contributed by atoms with E-state index in [0.29, 0.717) is 18.8 Å². The third kappa shape index (κ3) is 3.55. The third-order valence-corrected chi connectivity index (χ3v) is 4.11. The van der Waals surface area contributed by atoms with E-state index in [9.17, 15) is 18.8 Å². The van der Waals surface area contributed by atoms with Crippen LogP contribution in [0.15, 0.2) is 18.2 Å². The number of hydrogen-bond donors (Lipinski definition) is 2. The van der Waals surface area contributed by atoms with E-state index in [1.54, 1.807) is 6.07 Å². The lowest BCUT2D eigenvalue weighted by molar-refractivity contribution is -0.123. The van der Waals surface area contributed by atoms with Gasteiger partial charge in [0.1, 0.15) is 5.82 Å². The SMILES string of the molecule is CC(=O)NCC1OC(=O)N(c2ccc(N3CCNCC3)c(F)c2)C1=O. The van der Waals surface area contributed by atoms with Crippen LogP contribution >= 0.6 is 0 Å². The second-order valence-electron chi connectivity index (χ2n) is 5.86. The number of carbonyl (C=O) groups excluding carboxylic acids is 3.